The maximum Gasteiger partial charge on any atom is 0.0794 e. The van der Waals surface area contributed by atoms with Gasteiger partial charge in [-0.1, -0.05) is 12.1 Å². The number of rotatable bonds is 4. The zero-order chi connectivity index (χ0) is 11.4. The Morgan fingerprint density at radius 2 is 2.19 bits per heavy atom. The molecule has 0 radical (unpaired) electrons. The summed E-state index contributed by atoms with van der Waals surface area (Å²) in [6, 6.07) is 7.96. The maximum atomic E-state index is 5.97. The monoisotopic (exact) mass is 233 g/mol. The zero-order valence-electron chi connectivity index (χ0n) is 9.26. The van der Waals surface area contributed by atoms with Gasteiger partial charge in [0, 0.05) is 17.6 Å². The molecule has 2 aromatic rings. The minimum atomic E-state index is 0.828. The third-order valence-electron chi connectivity index (χ3n) is 2.49. The number of nitrogens with two attached hydrogens (primary N) is 1. The van der Waals surface area contributed by atoms with Crippen LogP contribution >= 0.6 is 11.3 Å². The molecule has 0 unspecified atom stereocenters. The molecule has 0 bridgehead atoms. The van der Waals surface area contributed by atoms with Crippen LogP contribution in [0.3, 0.4) is 0 Å². The number of hydrogen-bond acceptors (Lipinski definition) is 4. The van der Waals surface area contributed by atoms with E-state index in [1.54, 1.807) is 11.3 Å². The predicted molar refractivity (Wildman–Crippen MR) is 69.7 cm³/mol. The first-order valence-electron chi connectivity index (χ1n) is 5.28. The van der Waals surface area contributed by atoms with Crippen LogP contribution in [-0.4, -0.2) is 11.5 Å². The molecule has 1 aromatic heterocycles. The van der Waals surface area contributed by atoms with E-state index in [1.165, 1.54) is 4.88 Å². The highest BCUT2D eigenvalue weighted by atomic mass is 32.1. The fraction of sp³-hybridized carbons (Fsp3) is 0.250. The molecule has 0 saturated heterocycles. The topological polar surface area (TPSA) is 42.2 Å². The largest absolute Gasteiger partial charge is 0.397 e. The Hall–Kier alpha value is -1.55. The Morgan fingerprint density at radius 3 is 2.81 bits per heavy atom. The molecule has 3 nitrogen and oxygen atoms in total. The number of nitrogen functional groups attached to an aromatic ring is 1. The van der Waals surface area contributed by atoms with Gasteiger partial charge in [0.1, 0.15) is 0 Å². The van der Waals surface area contributed by atoms with Gasteiger partial charge >= 0.3 is 0 Å². The van der Waals surface area contributed by atoms with Crippen LogP contribution in [-0.2, 0) is 6.54 Å². The zero-order valence-corrected chi connectivity index (χ0v) is 10.1. The van der Waals surface area contributed by atoms with Crippen molar-refractivity contribution in [3.63, 3.8) is 0 Å². The van der Waals surface area contributed by atoms with Gasteiger partial charge in [-0.15, -0.1) is 11.3 Å². The minimum absolute atomic E-state index is 0.828. The van der Waals surface area contributed by atoms with E-state index >= 15 is 0 Å². The number of hydrogen-bond donors (Lipinski definition) is 1. The SMILES string of the molecule is CCN(Cc1cncs1)c1ccccc1N. The van der Waals surface area contributed by atoms with Crippen LogP contribution in [0.2, 0.25) is 0 Å². The Kier molecular flexibility index (Phi) is 3.41. The molecule has 2 N–H and O–H groups in total. The summed E-state index contributed by atoms with van der Waals surface area (Å²) in [5.41, 5.74) is 9.75. The molecule has 0 atom stereocenters. The molecule has 4 heteroatoms. The first-order valence-corrected chi connectivity index (χ1v) is 6.16. The number of para-hydroxylation sites is 2. The van der Waals surface area contributed by atoms with Crippen LogP contribution in [0.4, 0.5) is 11.4 Å². The van der Waals surface area contributed by atoms with Gasteiger partial charge in [-0.25, -0.2) is 0 Å². The van der Waals surface area contributed by atoms with E-state index in [9.17, 15) is 0 Å². The van der Waals surface area contributed by atoms with Crippen LogP contribution in [0.1, 0.15) is 11.8 Å². The smallest absolute Gasteiger partial charge is 0.0794 e. The lowest BCUT2D eigenvalue weighted by atomic mass is 10.2. The van der Waals surface area contributed by atoms with Crippen molar-refractivity contribution in [3.8, 4) is 0 Å². The molecule has 84 valence electrons. The van der Waals surface area contributed by atoms with Gasteiger partial charge in [-0.3, -0.25) is 4.98 Å². The second kappa shape index (κ2) is 4.99. The molecule has 1 heterocycles. The average molecular weight is 233 g/mol. The molecular formula is C12H15N3S. The van der Waals surface area contributed by atoms with E-state index in [1.807, 2.05) is 29.9 Å². The average Bonchev–Trinajstić information content (AvgIpc) is 2.80. The van der Waals surface area contributed by atoms with E-state index in [0.29, 0.717) is 0 Å². The molecule has 2 rings (SSSR count). The van der Waals surface area contributed by atoms with Crippen molar-refractivity contribution < 1.29 is 0 Å². The van der Waals surface area contributed by atoms with Crippen LogP contribution < -0.4 is 10.6 Å². The molecule has 0 aliphatic carbocycles. The van der Waals surface area contributed by atoms with Crippen molar-refractivity contribution in [1.82, 2.24) is 4.98 Å². The number of thiazole rings is 1. The van der Waals surface area contributed by atoms with Gasteiger partial charge in [-0.2, -0.15) is 0 Å². The highest BCUT2D eigenvalue weighted by molar-refractivity contribution is 7.09. The summed E-state index contributed by atoms with van der Waals surface area (Å²) >= 11 is 1.67. The van der Waals surface area contributed by atoms with Crippen molar-refractivity contribution >= 4 is 22.7 Å². The molecule has 16 heavy (non-hydrogen) atoms. The summed E-state index contributed by atoms with van der Waals surface area (Å²) in [6.07, 6.45) is 1.91. The molecular weight excluding hydrogens is 218 g/mol. The van der Waals surface area contributed by atoms with Gasteiger partial charge in [0.2, 0.25) is 0 Å². The second-order valence-corrected chi connectivity index (χ2v) is 4.51. The maximum absolute atomic E-state index is 5.97. The molecule has 1 aromatic carbocycles. The van der Waals surface area contributed by atoms with Crippen molar-refractivity contribution in [2.75, 3.05) is 17.2 Å². The standard InChI is InChI=1S/C12H15N3S/c1-2-15(8-10-7-14-9-16-10)12-6-4-3-5-11(12)13/h3-7,9H,2,8,13H2,1H3. The Balaban J connectivity index is 2.20. The van der Waals surface area contributed by atoms with E-state index in [2.05, 4.69) is 22.9 Å². The van der Waals surface area contributed by atoms with Crippen LogP contribution in [0.15, 0.2) is 36.0 Å². The van der Waals surface area contributed by atoms with Crippen LogP contribution in [0.25, 0.3) is 0 Å². The second-order valence-electron chi connectivity index (χ2n) is 3.54. The minimum Gasteiger partial charge on any atom is -0.397 e. The quantitative estimate of drug-likeness (QED) is 0.826. The molecule has 0 aliphatic heterocycles. The number of benzene rings is 1. The highest BCUT2D eigenvalue weighted by Gasteiger charge is 2.08. The third-order valence-corrected chi connectivity index (χ3v) is 3.25. The summed E-state index contributed by atoms with van der Waals surface area (Å²) in [7, 11) is 0. The fourth-order valence-corrected chi connectivity index (χ4v) is 2.26. The summed E-state index contributed by atoms with van der Waals surface area (Å²) < 4.78 is 0. The first kappa shape index (κ1) is 11.0. The van der Waals surface area contributed by atoms with Crippen molar-refractivity contribution in [1.29, 1.82) is 0 Å². The van der Waals surface area contributed by atoms with Crippen molar-refractivity contribution in [3.05, 3.63) is 40.8 Å². The van der Waals surface area contributed by atoms with Crippen molar-refractivity contribution in [2.24, 2.45) is 0 Å². The lowest BCUT2D eigenvalue weighted by Gasteiger charge is -2.23. The lowest BCUT2D eigenvalue weighted by molar-refractivity contribution is 0.842. The molecule has 0 aliphatic rings. The van der Waals surface area contributed by atoms with Crippen molar-refractivity contribution in [2.45, 2.75) is 13.5 Å². The summed E-state index contributed by atoms with van der Waals surface area (Å²) in [5.74, 6) is 0. The Labute approximate surface area is 99.5 Å². The van der Waals surface area contributed by atoms with E-state index < -0.39 is 0 Å². The summed E-state index contributed by atoms with van der Waals surface area (Å²) in [4.78, 5) is 7.59. The van der Waals surface area contributed by atoms with Gasteiger partial charge in [-0.05, 0) is 19.1 Å². The molecule has 0 fully saturated rings. The first-order chi connectivity index (χ1) is 7.81. The Morgan fingerprint density at radius 1 is 1.38 bits per heavy atom. The fourth-order valence-electron chi connectivity index (χ4n) is 1.65. The molecule has 0 amide bonds. The predicted octanol–water partition coefficient (Wildman–Crippen LogP) is 2.75. The molecule has 0 saturated carbocycles. The number of nitrogens with zero attached hydrogens (tertiary/aromatic N) is 2. The van der Waals surface area contributed by atoms with Gasteiger partial charge in [0.25, 0.3) is 0 Å². The van der Waals surface area contributed by atoms with Gasteiger partial charge < -0.3 is 10.6 Å². The van der Waals surface area contributed by atoms with Crippen LogP contribution in [0, 0.1) is 0 Å². The normalized spacial score (nSPS) is 10.3. The van der Waals surface area contributed by atoms with Gasteiger partial charge in [0.15, 0.2) is 0 Å². The lowest BCUT2D eigenvalue weighted by Crippen LogP contribution is -2.22. The van der Waals surface area contributed by atoms with E-state index in [4.69, 9.17) is 5.73 Å². The van der Waals surface area contributed by atoms with E-state index in [0.717, 1.165) is 24.5 Å². The third kappa shape index (κ3) is 2.33. The molecule has 0 spiro atoms. The van der Waals surface area contributed by atoms with Gasteiger partial charge in [0.05, 0.1) is 23.4 Å². The summed E-state index contributed by atoms with van der Waals surface area (Å²) in [5, 5.41) is 0. The van der Waals surface area contributed by atoms with Crippen LogP contribution in [0.5, 0.6) is 0 Å². The van der Waals surface area contributed by atoms with E-state index in [-0.39, 0.29) is 0 Å². The Bertz CT molecular complexity index is 439. The highest BCUT2D eigenvalue weighted by Crippen LogP contribution is 2.24. The number of anilines is 2. The number of aromatic nitrogens is 1. The summed E-state index contributed by atoms with van der Waals surface area (Å²) in [6.45, 7) is 3.94.